The number of benzene rings is 2. The summed E-state index contributed by atoms with van der Waals surface area (Å²) in [7, 11) is 0. The van der Waals surface area contributed by atoms with E-state index in [1.807, 2.05) is 59.7 Å². The molecule has 0 unspecified atom stereocenters. The van der Waals surface area contributed by atoms with Gasteiger partial charge in [0.05, 0.1) is 0 Å². The number of aliphatic carboxylic acids is 1. The van der Waals surface area contributed by atoms with Gasteiger partial charge in [0.2, 0.25) is 0 Å². The molecule has 2 aromatic rings. The zero-order valence-electron chi connectivity index (χ0n) is 23.1. The number of carboxylic acid groups (broad SMARTS) is 1. The van der Waals surface area contributed by atoms with Crippen LogP contribution in [0.1, 0.15) is 87.0 Å². The normalized spacial score (nSPS) is 12.2. The van der Waals surface area contributed by atoms with Crippen LogP contribution in [-0.4, -0.2) is 40.8 Å². The highest BCUT2D eigenvalue weighted by atomic mass is 16.5. The Kier molecular flexibility index (Phi) is 9.72. The van der Waals surface area contributed by atoms with Crippen LogP contribution in [0.3, 0.4) is 0 Å². The van der Waals surface area contributed by atoms with Gasteiger partial charge in [-0.05, 0) is 72.9 Å². The molecule has 6 heteroatoms. The van der Waals surface area contributed by atoms with E-state index in [-0.39, 0.29) is 29.8 Å². The molecule has 198 valence electrons. The molecule has 2 aromatic carbocycles. The van der Waals surface area contributed by atoms with E-state index in [9.17, 15) is 14.7 Å². The fraction of sp³-hybridized carbons (Fsp3) is 0.533. The second-order valence-electron chi connectivity index (χ2n) is 10.5. The minimum atomic E-state index is -1.07. The van der Waals surface area contributed by atoms with Crippen molar-refractivity contribution in [2.75, 3.05) is 13.2 Å². The maximum Gasteiger partial charge on any atom is 0.322 e. The SMILES string of the molecule is CCC(CC)(c1ccc(OCC(O)(C(C)C)C(C)C)c(C)c1)c1ccc(C(=O)NCC(=O)O)c(C)c1. The Bertz CT molecular complexity index is 1060. The highest BCUT2D eigenvalue weighted by Crippen LogP contribution is 2.41. The Hall–Kier alpha value is -2.86. The van der Waals surface area contributed by atoms with Gasteiger partial charge < -0.3 is 20.3 Å². The summed E-state index contributed by atoms with van der Waals surface area (Å²) in [6.45, 7) is 16.1. The average Bonchev–Trinajstić information content (AvgIpc) is 2.82. The monoisotopic (exact) mass is 497 g/mol. The topological polar surface area (TPSA) is 95.9 Å². The molecule has 0 saturated carbocycles. The number of carbonyl (C=O) groups is 2. The average molecular weight is 498 g/mol. The minimum Gasteiger partial charge on any atom is -0.490 e. The zero-order valence-corrected chi connectivity index (χ0v) is 23.1. The van der Waals surface area contributed by atoms with Crippen molar-refractivity contribution in [2.24, 2.45) is 11.8 Å². The molecule has 0 fully saturated rings. The first-order valence-electron chi connectivity index (χ1n) is 12.9. The van der Waals surface area contributed by atoms with Crippen molar-refractivity contribution in [3.05, 3.63) is 64.2 Å². The Morgan fingerprint density at radius 2 is 1.44 bits per heavy atom. The molecule has 3 N–H and O–H groups in total. The van der Waals surface area contributed by atoms with Crippen molar-refractivity contribution in [1.82, 2.24) is 5.32 Å². The standard InChI is InChI=1S/C30H43NO5/c1-9-29(10-2,23-11-13-25(21(7)15-23)28(34)31-17-27(32)33)24-12-14-26(22(8)16-24)36-18-30(35,19(3)4)20(5)6/h11-16,19-20,35H,9-10,17-18H2,1-8H3,(H,31,34)(H,32,33). The molecular formula is C30H43NO5. The maximum absolute atomic E-state index is 12.4. The van der Waals surface area contributed by atoms with Gasteiger partial charge in [-0.15, -0.1) is 0 Å². The summed E-state index contributed by atoms with van der Waals surface area (Å²) >= 11 is 0. The number of hydrogen-bond acceptors (Lipinski definition) is 4. The lowest BCUT2D eigenvalue weighted by Gasteiger charge is -2.36. The van der Waals surface area contributed by atoms with Crippen LogP contribution in [0.5, 0.6) is 5.75 Å². The molecule has 2 rings (SSSR count). The third-order valence-electron chi connectivity index (χ3n) is 7.82. The maximum atomic E-state index is 12.4. The first-order chi connectivity index (χ1) is 16.8. The Morgan fingerprint density at radius 3 is 1.89 bits per heavy atom. The molecule has 1 amide bonds. The number of nitrogens with one attached hydrogen (secondary N) is 1. The lowest BCUT2D eigenvalue weighted by Crippen LogP contribution is -2.46. The number of ether oxygens (including phenoxy) is 1. The molecule has 0 bridgehead atoms. The quantitative estimate of drug-likeness (QED) is 0.352. The summed E-state index contributed by atoms with van der Waals surface area (Å²) in [5.74, 6) is -0.555. The van der Waals surface area contributed by atoms with E-state index in [4.69, 9.17) is 9.84 Å². The van der Waals surface area contributed by atoms with Gasteiger partial charge >= 0.3 is 5.97 Å². The van der Waals surface area contributed by atoms with Crippen LogP contribution in [0.2, 0.25) is 0 Å². The van der Waals surface area contributed by atoms with Gasteiger partial charge in [0.25, 0.3) is 5.91 Å². The molecule has 6 nitrogen and oxygen atoms in total. The van der Waals surface area contributed by atoms with Gasteiger partial charge in [0.15, 0.2) is 0 Å². The summed E-state index contributed by atoms with van der Waals surface area (Å²) in [6, 6.07) is 12.0. The van der Waals surface area contributed by atoms with E-state index in [1.165, 1.54) is 5.56 Å². The molecule has 0 saturated heterocycles. The minimum absolute atomic E-state index is 0.0716. The lowest BCUT2D eigenvalue weighted by molar-refractivity contribution is -0.135. The highest BCUT2D eigenvalue weighted by Gasteiger charge is 2.36. The third kappa shape index (κ3) is 6.09. The molecule has 0 aliphatic rings. The van der Waals surface area contributed by atoms with Gasteiger partial charge in [-0.3, -0.25) is 9.59 Å². The summed E-state index contributed by atoms with van der Waals surface area (Å²) in [4.78, 5) is 23.2. The fourth-order valence-electron chi connectivity index (χ4n) is 5.00. The van der Waals surface area contributed by atoms with Crippen LogP contribution in [0.25, 0.3) is 0 Å². The molecule has 0 spiro atoms. The van der Waals surface area contributed by atoms with E-state index in [0.717, 1.165) is 35.3 Å². The Labute approximate surface area is 216 Å². The Morgan fingerprint density at radius 1 is 0.917 bits per heavy atom. The first kappa shape index (κ1) is 29.4. The van der Waals surface area contributed by atoms with Crippen molar-refractivity contribution >= 4 is 11.9 Å². The van der Waals surface area contributed by atoms with E-state index >= 15 is 0 Å². The molecule has 0 heterocycles. The summed E-state index contributed by atoms with van der Waals surface area (Å²) < 4.78 is 6.13. The van der Waals surface area contributed by atoms with Crippen molar-refractivity contribution < 1.29 is 24.5 Å². The molecule has 0 aromatic heterocycles. The largest absolute Gasteiger partial charge is 0.490 e. The van der Waals surface area contributed by atoms with Gasteiger partial charge in [-0.1, -0.05) is 65.8 Å². The van der Waals surface area contributed by atoms with Gasteiger partial charge in [0, 0.05) is 11.0 Å². The van der Waals surface area contributed by atoms with E-state index < -0.39 is 18.1 Å². The number of amides is 1. The molecule has 0 aliphatic heterocycles. The number of aliphatic hydroxyl groups is 1. The fourth-order valence-corrected chi connectivity index (χ4v) is 5.00. The van der Waals surface area contributed by atoms with Crippen LogP contribution in [0.15, 0.2) is 36.4 Å². The van der Waals surface area contributed by atoms with Crippen LogP contribution >= 0.6 is 0 Å². The third-order valence-corrected chi connectivity index (χ3v) is 7.82. The molecule has 0 radical (unpaired) electrons. The van der Waals surface area contributed by atoms with Gasteiger partial charge in [-0.2, -0.15) is 0 Å². The van der Waals surface area contributed by atoms with Crippen molar-refractivity contribution in [2.45, 2.75) is 79.2 Å². The summed E-state index contributed by atoms with van der Waals surface area (Å²) in [6.07, 6.45) is 1.74. The van der Waals surface area contributed by atoms with Crippen LogP contribution < -0.4 is 10.1 Å². The van der Waals surface area contributed by atoms with Gasteiger partial charge in [-0.25, -0.2) is 0 Å². The second kappa shape index (κ2) is 11.9. The van der Waals surface area contributed by atoms with Gasteiger partial charge in [0.1, 0.15) is 24.5 Å². The van der Waals surface area contributed by atoms with E-state index in [1.54, 1.807) is 6.07 Å². The number of rotatable bonds is 12. The summed E-state index contributed by atoms with van der Waals surface area (Å²) in [5.41, 5.74) is 3.42. The Balaban J connectivity index is 2.38. The highest BCUT2D eigenvalue weighted by molar-refractivity contribution is 5.97. The number of carbonyl (C=O) groups excluding carboxylic acids is 1. The number of carboxylic acids is 1. The molecule has 0 aliphatic carbocycles. The van der Waals surface area contributed by atoms with Crippen molar-refractivity contribution in [3.8, 4) is 5.75 Å². The van der Waals surface area contributed by atoms with Crippen LogP contribution in [-0.2, 0) is 10.2 Å². The lowest BCUT2D eigenvalue weighted by atomic mass is 9.70. The molecule has 36 heavy (non-hydrogen) atoms. The molecular weight excluding hydrogens is 454 g/mol. The van der Waals surface area contributed by atoms with E-state index in [0.29, 0.717) is 5.56 Å². The first-order valence-corrected chi connectivity index (χ1v) is 12.9. The number of aryl methyl sites for hydroxylation is 2. The smallest absolute Gasteiger partial charge is 0.322 e. The summed E-state index contributed by atoms with van der Waals surface area (Å²) in [5, 5.41) is 22.4. The number of hydrogen-bond donors (Lipinski definition) is 3. The predicted octanol–water partition coefficient (Wildman–Crippen LogP) is 5.65. The molecule has 0 atom stereocenters. The predicted molar refractivity (Wildman–Crippen MR) is 144 cm³/mol. The van der Waals surface area contributed by atoms with Crippen LogP contribution in [0.4, 0.5) is 0 Å². The van der Waals surface area contributed by atoms with Crippen molar-refractivity contribution in [3.63, 3.8) is 0 Å². The van der Waals surface area contributed by atoms with E-state index in [2.05, 4.69) is 31.3 Å². The zero-order chi connectivity index (χ0) is 27.3. The van der Waals surface area contributed by atoms with Crippen molar-refractivity contribution in [1.29, 1.82) is 0 Å². The second-order valence-corrected chi connectivity index (χ2v) is 10.5. The van der Waals surface area contributed by atoms with Crippen LogP contribution in [0, 0.1) is 25.7 Å².